The van der Waals surface area contributed by atoms with Gasteiger partial charge in [0.25, 0.3) is 11.8 Å². The average molecular weight is 569 g/mol. The number of rotatable bonds is 10. The van der Waals surface area contributed by atoms with Crippen molar-refractivity contribution < 1.29 is 38.5 Å². The van der Waals surface area contributed by atoms with Crippen molar-refractivity contribution in [3.05, 3.63) is 65.4 Å². The number of hydrogen-bond acceptors (Lipinski definition) is 13. The van der Waals surface area contributed by atoms with E-state index in [0.717, 1.165) is 23.5 Å². The number of thiophene rings is 3. The topological polar surface area (TPSA) is 197 Å². The number of nitrogens with one attached hydrogen (secondary N) is 2. The molecule has 2 N–H and O–H groups in total. The molecule has 0 atom stereocenters. The van der Waals surface area contributed by atoms with Gasteiger partial charge in [-0.05, 0) is 48.7 Å². The summed E-state index contributed by atoms with van der Waals surface area (Å²) in [5.41, 5.74) is -0.376. The Morgan fingerprint density at radius 1 is 0.757 bits per heavy atom. The Bertz CT molecular complexity index is 1300. The van der Waals surface area contributed by atoms with Gasteiger partial charge in [-0.1, -0.05) is 0 Å². The summed E-state index contributed by atoms with van der Waals surface area (Å²) in [6.45, 7) is 3.15. The Kier molecular flexibility index (Phi) is 8.64. The van der Waals surface area contributed by atoms with Crippen molar-refractivity contribution in [2.45, 2.75) is 13.8 Å². The van der Waals surface area contributed by atoms with Crippen LogP contribution in [0.5, 0.6) is 0 Å². The fourth-order valence-corrected chi connectivity index (χ4v) is 5.26. The van der Waals surface area contributed by atoms with Gasteiger partial charge in [-0.15, -0.1) is 11.3 Å². The monoisotopic (exact) mass is 568 g/mol. The molecule has 14 nitrogen and oxygen atoms in total. The van der Waals surface area contributed by atoms with Crippen molar-refractivity contribution in [2.24, 2.45) is 0 Å². The van der Waals surface area contributed by atoms with Crippen LogP contribution in [0.1, 0.15) is 53.9 Å². The van der Waals surface area contributed by atoms with Crippen LogP contribution < -0.4 is 10.6 Å². The Labute approximate surface area is 219 Å². The molecule has 0 fully saturated rings. The third kappa shape index (κ3) is 6.32. The van der Waals surface area contributed by atoms with Gasteiger partial charge in [-0.2, -0.15) is 0 Å². The van der Waals surface area contributed by atoms with Gasteiger partial charge in [0.2, 0.25) is 0 Å². The highest BCUT2D eigenvalue weighted by Crippen LogP contribution is 2.36. The molecule has 0 saturated heterocycles. The number of esters is 2. The number of nitrogens with zero attached hydrogens (tertiary/aromatic N) is 2. The van der Waals surface area contributed by atoms with Gasteiger partial charge in [-0.25, -0.2) is 9.59 Å². The lowest BCUT2D eigenvalue weighted by Gasteiger charge is -2.05. The van der Waals surface area contributed by atoms with Crippen molar-refractivity contribution in [1.82, 2.24) is 0 Å². The van der Waals surface area contributed by atoms with Crippen LogP contribution in [-0.2, 0) is 9.47 Å². The zero-order chi connectivity index (χ0) is 27.3. The normalized spacial score (nSPS) is 10.4. The molecule has 3 aromatic rings. The van der Waals surface area contributed by atoms with Crippen molar-refractivity contribution in [1.29, 1.82) is 0 Å². The molecular formula is C20H16N4O10S3. The lowest BCUT2D eigenvalue weighted by molar-refractivity contribution is -0.380. The molecule has 0 aliphatic carbocycles. The molecule has 3 aromatic heterocycles. The van der Waals surface area contributed by atoms with E-state index >= 15 is 0 Å². The molecule has 0 aliphatic heterocycles. The average Bonchev–Trinajstić information content (AvgIpc) is 3.58. The Balaban J connectivity index is 1.80. The van der Waals surface area contributed by atoms with Crippen LogP contribution in [0.2, 0.25) is 0 Å². The van der Waals surface area contributed by atoms with E-state index in [-0.39, 0.29) is 54.1 Å². The van der Waals surface area contributed by atoms with Gasteiger partial charge in [0.1, 0.15) is 21.1 Å². The second-order valence-corrected chi connectivity index (χ2v) is 9.83. The van der Waals surface area contributed by atoms with Crippen LogP contribution in [0.3, 0.4) is 0 Å². The third-order valence-electron chi connectivity index (χ3n) is 4.30. The van der Waals surface area contributed by atoms with Crippen LogP contribution in [0.25, 0.3) is 0 Å². The van der Waals surface area contributed by atoms with Gasteiger partial charge in [-0.3, -0.25) is 29.8 Å². The lowest BCUT2D eigenvalue weighted by Crippen LogP contribution is -2.14. The second-order valence-electron chi connectivity index (χ2n) is 6.68. The Hall–Kier alpha value is -4.22. The highest BCUT2D eigenvalue weighted by Gasteiger charge is 2.27. The summed E-state index contributed by atoms with van der Waals surface area (Å²) in [5, 5.41) is 26.1. The summed E-state index contributed by atoms with van der Waals surface area (Å²) in [4.78, 5) is 70.6. The molecule has 37 heavy (non-hydrogen) atoms. The molecule has 0 aliphatic rings. The summed E-state index contributed by atoms with van der Waals surface area (Å²) < 4.78 is 9.74. The zero-order valence-electron chi connectivity index (χ0n) is 18.9. The van der Waals surface area contributed by atoms with Gasteiger partial charge >= 0.3 is 21.9 Å². The first-order chi connectivity index (χ1) is 17.5. The van der Waals surface area contributed by atoms with Gasteiger partial charge in [0.15, 0.2) is 0 Å². The number of carbonyl (C=O) groups is 4. The van der Waals surface area contributed by atoms with E-state index in [9.17, 15) is 39.4 Å². The van der Waals surface area contributed by atoms with Crippen LogP contribution in [-0.4, -0.2) is 46.8 Å². The highest BCUT2D eigenvalue weighted by molar-refractivity contribution is 7.20. The number of hydrogen-bond donors (Lipinski definition) is 2. The molecule has 0 saturated carbocycles. The van der Waals surface area contributed by atoms with E-state index in [4.69, 9.17) is 9.47 Å². The van der Waals surface area contributed by atoms with Crippen molar-refractivity contribution in [3.63, 3.8) is 0 Å². The molecular weight excluding hydrogens is 552 g/mol. The minimum atomic E-state index is -0.851. The smallest absolute Gasteiger partial charge is 0.341 e. The lowest BCUT2D eigenvalue weighted by atomic mass is 10.3. The summed E-state index contributed by atoms with van der Waals surface area (Å²) in [6.07, 6.45) is 0. The second kappa shape index (κ2) is 11.7. The predicted molar refractivity (Wildman–Crippen MR) is 134 cm³/mol. The summed E-state index contributed by atoms with van der Waals surface area (Å²) in [5.74, 6) is -3.19. The number of amides is 2. The first-order valence-electron chi connectivity index (χ1n) is 10.2. The van der Waals surface area contributed by atoms with Crippen molar-refractivity contribution >= 4 is 77.8 Å². The highest BCUT2D eigenvalue weighted by atomic mass is 32.1. The fourth-order valence-electron chi connectivity index (χ4n) is 2.75. The Morgan fingerprint density at radius 3 is 1.46 bits per heavy atom. The van der Waals surface area contributed by atoms with Crippen LogP contribution in [0, 0.1) is 20.2 Å². The van der Waals surface area contributed by atoms with Gasteiger partial charge in [0.05, 0.1) is 32.8 Å². The van der Waals surface area contributed by atoms with Gasteiger partial charge in [0, 0.05) is 12.1 Å². The van der Waals surface area contributed by atoms with E-state index in [2.05, 4.69) is 10.6 Å². The Morgan fingerprint density at radius 2 is 1.14 bits per heavy atom. The maximum absolute atomic E-state index is 12.7. The molecule has 3 rings (SSSR count). The largest absolute Gasteiger partial charge is 0.462 e. The van der Waals surface area contributed by atoms with E-state index in [1.165, 1.54) is 12.1 Å². The minimum Gasteiger partial charge on any atom is -0.462 e. The predicted octanol–water partition coefficient (Wildman–Crippen LogP) is 4.55. The zero-order valence-corrected chi connectivity index (χ0v) is 21.4. The molecule has 0 spiro atoms. The van der Waals surface area contributed by atoms with Crippen LogP contribution >= 0.6 is 34.0 Å². The van der Waals surface area contributed by atoms with E-state index in [1.807, 2.05) is 0 Å². The number of ether oxygens (including phenoxy) is 2. The van der Waals surface area contributed by atoms with Gasteiger partial charge < -0.3 is 20.1 Å². The first-order valence-corrected chi connectivity index (χ1v) is 12.6. The third-order valence-corrected chi connectivity index (χ3v) is 7.38. The standard InChI is InChI=1S/C20H16N4O10S3/c1-3-33-19(27)9-7-13(23(29)30)36-17(9)21-15(25)11-5-6-12(35-11)16(26)22-18-10(20(28)34-4-2)8-14(37-18)24(31)32/h5-8H,3-4H2,1-2H3,(H,21,25)(H,22,26). The first kappa shape index (κ1) is 27.4. The molecule has 0 unspecified atom stereocenters. The SMILES string of the molecule is CCOC(=O)c1cc([N+](=O)[O-])sc1NC(=O)c1ccc(C(=O)Nc2sc([N+](=O)[O-])cc2C(=O)OCC)s1. The number of anilines is 2. The maximum atomic E-state index is 12.7. The maximum Gasteiger partial charge on any atom is 0.341 e. The molecule has 2 amide bonds. The number of carbonyl (C=O) groups excluding carboxylic acids is 4. The van der Waals surface area contributed by atoms with Crippen LogP contribution in [0.4, 0.5) is 20.0 Å². The van der Waals surface area contributed by atoms with E-state index in [1.54, 1.807) is 13.8 Å². The van der Waals surface area contributed by atoms with E-state index < -0.39 is 33.6 Å². The van der Waals surface area contributed by atoms with Crippen molar-refractivity contribution in [2.75, 3.05) is 23.8 Å². The number of nitro groups is 2. The molecule has 0 bridgehead atoms. The quantitative estimate of drug-likeness (QED) is 0.199. The van der Waals surface area contributed by atoms with E-state index in [0.29, 0.717) is 22.7 Å². The minimum absolute atomic E-state index is 0.0184. The van der Waals surface area contributed by atoms with Crippen LogP contribution in [0.15, 0.2) is 24.3 Å². The molecule has 3 heterocycles. The molecule has 194 valence electrons. The van der Waals surface area contributed by atoms with Crippen molar-refractivity contribution in [3.8, 4) is 0 Å². The molecule has 0 aromatic carbocycles. The summed E-state index contributed by atoms with van der Waals surface area (Å²) >= 11 is 1.89. The molecule has 17 heteroatoms. The summed E-state index contributed by atoms with van der Waals surface area (Å²) in [7, 11) is 0. The summed E-state index contributed by atoms with van der Waals surface area (Å²) in [6, 6.07) is 4.61. The fraction of sp³-hybridized carbons (Fsp3) is 0.200. The molecule has 0 radical (unpaired) electrons.